The number of carbonyl (C=O) groups is 1. The summed E-state index contributed by atoms with van der Waals surface area (Å²) in [6, 6.07) is 6.06. The monoisotopic (exact) mass is 237 g/mol. The summed E-state index contributed by atoms with van der Waals surface area (Å²) in [5, 5.41) is 11.8. The molecule has 92 valence electrons. The summed E-state index contributed by atoms with van der Waals surface area (Å²) in [6.07, 6.45) is 1.01. The lowest BCUT2D eigenvalue weighted by molar-refractivity contribution is -0.124. The van der Waals surface area contributed by atoms with Crippen LogP contribution in [0.2, 0.25) is 0 Å². The Kier molecular flexibility index (Phi) is 3.15. The van der Waals surface area contributed by atoms with Crippen LogP contribution in [0.15, 0.2) is 24.3 Å². The maximum absolute atomic E-state index is 12.8. The first kappa shape index (κ1) is 12.0. The molecule has 1 fully saturated rings. The number of hydrogen-bond donors (Lipinski definition) is 2. The highest BCUT2D eigenvalue weighted by molar-refractivity contribution is 5.91. The minimum Gasteiger partial charge on any atom is -0.392 e. The molecule has 1 aliphatic carbocycles. The highest BCUT2D eigenvalue weighted by Gasteiger charge is 2.51. The highest BCUT2D eigenvalue weighted by Crippen LogP contribution is 2.48. The van der Waals surface area contributed by atoms with E-state index in [1.54, 1.807) is 19.1 Å². The molecular weight excluding hydrogens is 221 g/mol. The first-order chi connectivity index (χ1) is 8.04. The second-order valence-electron chi connectivity index (χ2n) is 4.65. The van der Waals surface area contributed by atoms with E-state index < -0.39 is 11.5 Å². The maximum Gasteiger partial charge on any atom is 0.230 e. The van der Waals surface area contributed by atoms with Crippen molar-refractivity contribution < 1.29 is 14.3 Å². The normalized spacial score (nSPS) is 18.5. The number of amides is 1. The van der Waals surface area contributed by atoms with Crippen LogP contribution in [-0.4, -0.2) is 23.7 Å². The van der Waals surface area contributed by atoms with Crippen molar-refractivity contribution in [1.29, 1.82) is 0 Å². The third-order valence-electron chi connectivity index (χ3n) is 3.14. The van der Waals surface area contributed by atoms with Crippen LogP contribution in [0.4, 0.5) is 4.39 Å². The number of rotatable bonds is 4. The first-order valence-electron chi connectivity index (χ1n) is 5.77. The minimum atomic E-state index is -0.553. The van der Waals surface area contributed by atoms with Crippen molar-refractivity contribution in [3.05, 3.63) is 35.6 Å². The fourth-order valence-corrected chi connectivity index (χ4v) is 1.95. The van der Waals surface area contributed by atoms with Gasteiger partial charge in [0, 0.05) is 6.54 Å². The summed E-state index contributed by atoms with van der Waals surface area (Å²) in [5.41, 5.74) is 0.352. The summed E-state index contributed by atoms with van der Waals surface area (Å²) in [5.74, 6) is -0.376. The molecular formula is C13H16FNO2. The van der Waals surface area contributed by atoms with Gasteiger partial charge in [-0.3, -0.25) is 4.79 Å². The third-order valence-corrected chi connectivity index (χ3v) is 3.14. The molecule has 0 spiro atoms. The summed E-state index contributed by atoms with van der Waals surface area (Å²) >= 11 is 0. The highest BCUT2D eigenvalue weighted by atomic mass is 19.1. The number of benzene rings is 1. The summed E-state index contributed by atoms with van der Waals surface area (Å²) in [4.78, 5) is 12.0. The lowest BCUT2D eigenvalue weighted by Crippen LogP contribution is -2.38. The molecule has 1 amide bonds. The number of carbonyl (C=O) groups excluding carboxylic acids is 1. The Morgan fingerprint density at radius 2 is 2.06 bits per heavy atom. The number of hydrogen-bond acceptors (Lipinski definition) is 2. The van der Waals surface area contributed by atoms with Crippen LogP contribution in [0.1, 0.15) is 25.3 Å². The Labute approximate surface area is 99.7 Å². The molecule has 4 heteroatoms. The third kappa shape index (κ3) is 2.47. The average Bonchev–Trinajstić information content (AvgIpc) is 3.08. The van der Waals surface area contributed by atoms with Crippen LogP contribution < -0.4 is 5.32 Å². The molecule has 0 heterocycles. The van der Waals surface area contributed by atoms with Gasteiger partial charge in [0.1, 0.15) is 5.82 Å². The molecule has 1 aromatic rings. The second-order valence-corrected chi connectivity index (χ2v) is 4.65. The van der Waals surface area contributed by atoms with Crippen molar-refractivity contribution in [3.8, 4) is 0 Å². The van der Waals surface area contributed by atoms with Crippen LogP contribution in [0.3, 0.4) is 0 Å². The molecule has 3 nitrogen and oxygen atoms in total. The fraction of sp³-hybridized carbons (Fsp3) is 0.462. The molecule has 0 aliphatic heterocycles. The van der Waals surface area contributed by atoms with Gasteiger partial charge in [-0.1, -0.05) is 12.1 Å². The van der Waals surface area contributed by atoms with Crippen molar-refractivity contribution in [2.75, 3.05) is 6.54 Å². The lowest BCUT2D eigenvalue weighted by Gasteiger charge is -2.16. The molecule has 2 N–H and O–H groups in total. The standard InChI is InChI=1S/C13H16FNO2/c1-9(16)8-15-12(17)13(6-7-13)10-2-4-11(14)5-3-10/h2-5,9,16H,6-8H2,1H3,(H,15,17)/t9-/m0/s1. The molecule has 1 atom stereocenters. The van der Waals surface area contributed by atoms with E-state index in [4.69, 9.17) is 5.11 Å². The van der Waals surface area contributed by atoms with Gasteiger partial charge in [-0.2, -0.15) is 0 Å². The Balaban J connectivity index is 2.08. The van der Waals surface area contributed by atoms with Crippen LogP contribution in [0, 0.1) is 5.82 Å². The van der Waals surface area contributed by atoms with E-state index in [1.165, 1.54) is 12.1 Å². The Bertz CT molecular complexity index is 410. The fourth-order valence-electron chi connectivity index (χ4n) is 1.95. The Morgan fingerprint density at radius 3 is 2.53 bits per heavy atom. The molecule has 1 aromatic carbocycles. The molecule has 0 unspecified atom stereocenters. The second kappa shape index (κ2) is 4.45. The van der Waals surface area contributed by atoms with E-state index in [0.29, 0.717) is 0 Å². The average molecular weight is 237 g/mol. The number of aliphatic hydroxyl groups excluding tert-OH is 1. The van der Waals surface area contributed by atoms with Gasteiger partial charge in [0.2, 0.25) is 5.91 Å². The molecule has 0 radical (unpaired) electrons. The van der Waals surface area contributed by atoms with Crippen molar-refractivity contribution in [1.82, 2.24) is 5.32 Å². The molecule has 1 aliphatic rings. The van der Waals surface area contributed by atoms with Gasteiger partial charge >= 0.3 is 0 Å². The van der Waals surface area contributed by atoms with Gasteiger partial charge in [0.05, 0.1) is 11.5 Å². The summed E-state index contributed by atoms with van der Waals surface area (Å²) in [7, 11) is 0. The van der Waals surface area contributed by atoms with Crippen LogP contribution >= 0.6 is 0 Å². The Hall–Kier alpha value is -1.42. The van der Waals surface area contributed by atoms with Crippen molar-refractivity contribution in [2.45, 2.75) is 31.3 Å². The molecule has 17 heavy (non-hydrogen) atoms. The smallest absolute Gasteiger partial charge is 0.230 e. The van der Waals surface area contributed by atoms with Crippen LogP contribution in [-0.2, 0) is 10.2 Å². The number of halogens is 1. The van der Waals surface area contributed by atoms with Crippen molar-refractivity contribution in [3.63, 3.8) is 0 Å². The maximum atomic E-state index is 12.8. The zero-order valence-electron chi connectivity index (χ0n) is 9.74. The minimum absolute atomic E-state index is 0.0787. The predicted octanol–water partition coefficient (Wildman–Crippen LogP) is 1.35. The topological polar surface area (TPSA) is 49.3 Å². The van der Waals surface area contributed by atoms with E-state index in [1.807, 2.05) is 0 Å². The van der Waals surface area contributed by atoms with Crippen molar-refractivity contribution >= 4 is 5.91 Å². The molecule has 0 aromatic heterocycles. The van der Waals surface area contributed by atoms with Gasteiger partial charge in [0.25, 0.3) is 0 Å². The molecule has 0 saturated heterocycles. The van der Waals surface area contributed by atoms with Gasteiger partial charge in [-0.05, 0) is 37.5 Å². The van der Waals surface area contributed by atoms with Gasteiger partial charge in [0.15, 0.2) is 0 Å². The van der Waals surface area contributed by atoms with E-state index in [2.05, 4.69) is 5.32 Å². The SMILES string of the molecule is C[C@H](O)CNC(=O)C1(c2ccc(F)cc2)CC1. The number of aliphatic hydroxyl groups is 1. The quantitative estimate of drug-likeness (QED) is 0.830. The largest absolute Gasteiger partial charge is 0.392 e. The van der Waals surface area contributed by atoms with Gasteiger partial charge < -0.3 is 10.4 Å². The van der Waals surface area contributed by atoms with E-state index in [9.17, 15) is 9.18 Å². The van der Waals surface area contributed by atoms with E-state index >= 15 is 0 Å². The zero-order chi connectivity index (χ0) is 12.5. The molecule has 1 saturated carbocycles. The summed E-state index contributed by atoms with van der Waals surface area (Å²) < 4.78 is 12.8. The Morgan fingerprint density at radius 1 is 1.47 bits per heavy atom. The van der Waals surface area contributed by atoms with Crippen molar-refractivity contribution in [2.24, 2.45) is 0 Å². The zero-order valence-corrected chi connectivity index (χ0v) is 9.74. The van der Waals surface area contributed by atoms with Gasteiger partial charge in [-0.25, -0.2) is 4.39 Å². The van der Waals surface area contributed by atoms with Crippen LogP contribution in [0.5, 0.6) is 0 Å². The van der Waals surface area contributed by atoms with Gasteiger partial charge in [-0.15, -0.1) is 0 Å². The first-order valence-corrected chi connectivity index (χ1v) is 5.77. The summed E-state index contributed by atoms with van der Waals surface area (Å²) in [6.45, 7) is 1.87. The van der Waals surface area contributed by atoms with Crippen LogP contribution in [0.25, 0.3) is 0 Å². The van der Waals surface area contributed by atoms with E-state index in [-0.39, 0.29) is 18.3 Å². The lowest BCUT2D eigenvalue weighted by atomic mass is 9.95. The predicted molar refractivity (Wildman–Crippen MR) is 62.0 cm³/mol. The number of nitrogens with one attached hydrogen (secondary N) is 1. The molecule has 2 rings (SSSR count). The van der Waals surface area contributed by atoms with E-state index in [0.717, 1.165) is 18.4 Å². The molecule has 0 bridgehead atoms.